The first-order chi connectivity index (χ1) is 9.09. The van der Waals surface area contributed by atoms with Crippen LogP contribution in [0.4, 0.5) is 0 Å². The number of carbonyl (C=O) groups excluding carboxylic acids is 2. The lowest BCUT2D eigenvalue weighted by atomic mass is 9.85. The van der Waals surface area contributed by atoms with Gasteiger partial charge in [0.2, 0.25) is 11.8 Å². The highest BCUT2D eigenvalue weighted by atomic mass is 16.4. The Kier molecular flexibility index (Phi) is 7.24. The zero-order chi connectivity index (χ0) is 15.9. The van der Waals surface area contributed by atoms with Gasteiger partial charge in [-0.05, 0) is 11.8 Å². The minimum absolute atomic E-state index is 0.0445. The van der Waals surface area contributed by atoms with Gasteiger partial charge in [0.25, 0.3) is 0 Å². The minimum Gasteiger partial charge on any atom is -0.481 e. The summed E-state index contributed by atoms with van der Waals surface area (Å²) in [4.78, 5) is 37.7. The summed E-state index contributed by atoms with van der Waals surface area (Å²) in [5, 5.41) is 8.84. The molecule has 0 aromatic heterocycles. The number of likely N-dealkylation sites (N-methyl/N-ethyl adjacent to an activating group) is 1. The number of hydrogen-bond donors (Lipinski definition) is 1. The molecule has 0 spiro atoms. The van der Waals surface area contributed by atoms with Crippen molar-refractivity contribution in [2.24, 2.45) is 5.41 Å². The van der Waals surface area contributed by atoms with Gasteiger partial charge in [0.1, 0.15) is 0 Å². The van der Waals surface area contributed by atoms with E-state index in [4.69, 9.17) is 5.11 Å². The summed E-state index contributed by atoms with van der Waals surface area (Å²) in [5.74, 6) is -1.23. The quantitative estimate of drug-likeness (QED) is 0.727. The molecular weight excluding hydrogens is 260 g/mol. The minimum atomic E-state index is -0.922. The summed E-state index contributed by atoms with van der Waals surface area (Å²) in [6.45, 7) is 5.97. The van der Waals surface area contributed by atoms with Crippen LogP contribution in [0.1, 0.15) is 40.0 Å². The lowest BCUT2D eigenvalue weighted by molar-refractivity contribution is -0.143. The Morgan fingerprint density at radius 3 is 2.00 bits per heavy atom. The van der Waals surface area contributed by atoms with Crippen molar-refractivity contribution in [3.05, 3.63) is 0 Å². The van der Waals surface area contributed by atoms with Crippen LogP contribution in [0.3, 0.4) is 0 Å². The average molecular weight is 286 g/mol. The van der Waals surface area contributed by atoms with E-state index in [0.717, 1.165) is 6.42 Å². The molecule has 0 aromatic rings. The maximum Gasteiger partial charge on any atom is 0.303 e. The molecule has 0 aliphatic carbocycles. The molecule has 20 heavy (non-hydrogen) atoms. The maximum absolute atomic E-state index is 12.3. The van der Waals surface area contributed by atoms with Crippen LogP contribution in [-0.2, 0) is 14.4 Å². The van der Waals surface area contributed by atoms with E-state index < -0.39 is 11.4 Å². The summed E-state index contributed by atoms with van der Waals surface area (Å²) >= 11 is 0. The molecule has 0 rings (SSSR count). The Balaban J connectivity index is 4.72. The second-order valence-electron chi connectivity index (χ2n) is 6.01. The normalized spacial score (nSPS) is 11.1. The zero-order valence-corrected chi connectivity index (χ0v) is 13.1. The summed E-state index contributed by atoms with van der Waals surface area (Å²) < 4.78 is 0. The van der Waals surface area contributed by atoms with Crippen LogP contribution < -0.4 is 0 Å². The first-order valence-electron chi connectivity index (χ1n) is 6.78. The Hall–Kier alpha value is -1.59. The molecule has 0 bridgehead atoms. The van der Waals surface area contributed by atoms with Crippen molar-refractivity contribution in [1.29, 1.82) is 0 Å². The topological polar surface area (TPSA) is 77.9 Å². The number of carbonyl (C=O) groups is 3. The van der Waals surface area contributed by atoms with Crippen LogP contribution in [0.25, 0.3) is 0 Å². The van der Waals surface area contributed by atoms with Crippen molar-refractivity contribution in [3.8, 4) is 0 Å². The maximum atomic E-state index is 12.3. The Bertz CT molecular complexity index is 364. The average Bonchev–Trinajstić information content (AvgIpc) is 2.25. The second-order valence-corrected chi connectivity index (χ2v) is 6.01. The highest BCUT2D eigenvalue weighted by Gasteiger charge is 2.28. The van der Waals surface area contributed by atoms with E-state index in [0.29, 0.717) is 6.54 Å². The fourth-order valence-electron chi connectivity index (χ4n) is 1.86. The molecule has 0 unspecified atom stereocenters. The molecule has 1 N–H and O–H groups in total. The van der Waals surface area contributed by atoms with Crippen LogP contribution in [0.5, 0.6) is 0 Å². The number of aliphatic carboxylic acids is 1. The van der Waals surface area contributed by atoms with Crippen LogP contribution in [-0.4, -0.2) is 59.9 Å². The molecule has 0 aromatic carbocycles. The smallest absolute Gasteiger partial charge is 0.303 e. The third-order valence-electron chi connectivity index (χ3n) is 2.93. The predicted octanol–water partition coefficient (Wildman–Crippen LogP) is 1.20. The number of carboxylic acids is 1. The number of carboxylic acid groups (broad SMARTS) is 1. The van der Waals surface area contributed by atoms with E-state index in [9.17, 15) is 14.4 Å². The molecule has 0 atom stereocenters. The highest BCUT2D eigenvalue weighted by molar-refractivity contribution is 5.85. The van der Waals surface area contributed by atoms with Crippen LogP contribution in [0.2, 0.25) is 0 Å². The van der Waals surface area contributed by atoms with E-state index in [1.54, 1.807) is 27.9 Å². The molecular formula is C14H26N2O4. The van der Waals surface area contributed by atoms with Crippen molar-refractivity contribution in [1.82, 2.24) is 9.80 Å². The van der Waals surface area contributed by atoms with Gasteiger partial charge in [-0.3, -0.25) is 14.4 Å². The lowest BCUT2D eigenvalue weighted by Crippen LogP contribution is -2.42. The molecule has 2 amide bonds. The monoisotopic (exact) mass is 286 g/mol. The van der Waals surface area contributed by atoms with Gasteiger partial charge in [0, 0.05) is 27.1 Å². The molecule has 6 heteroatoms. The first-order valence-corrected chi connectivity index (χ1v) is 6.78. The summed E-state index contributed by atoms with van der Waals surface area (Å²) in [6, 6.07) is 0. The summed E-state index contributed by atoms with van der Waals surface area (Å²) in [5.41, 5.74) is -0.615. The Morgan fingerprint density at radius 2 is 1.60 bits per heavy atom. The molecule has 0 fully saturated rings. The molecule has 6 nitrogen and oxygen atoms in total. The SMILES string of the molecule is CCCN(CC(=O)N(C)C)C(=O)CC(C)(C)CC(=O)O. The number of rotatable bonds is 8. The third kappa shape index (κ3) is 7.11. The fourth-order valence-corrected chi connectivity index (χ4v) is 1.86. The highest BCUT2D eigenvalue weighted by Crippen LogP contribution is 2.26. The van der Waals surface area contributed by atoms with Crippen molar-refractivity contribution in [3.63, 3.8) is 0 Å². The van der Waals surface area contributed by atoms with E-state index in [1.165, 1.54) is 9.80 Å². The van der Waals surface area contributed by atoms with Gasteiger partial charge >= 0.3 is 5.97 Å². The van der Waals surface area contributed by atoms with Crippen molar-refractivity contribution in [2.75, 3.05) is 27.2 Å². The Labute approximate surface area is 120 Å². The van der Waals surface area contributed by atoms with E-state index in [2.05, 4.69) is 0 Å². The number of hydrogen-bond acceptors (Lipinski definition) is 3. The van der Waals surface area contributed by atoms with Crippen molar-refractivity contribution < 1.29 is 19.5 Å². The largest absolute Gasteiger partial charge is 0.481 e. The summed E-state index contributed by atoms with van der Waals surface area (Å²) in [6.07, 6.45) is 0.812. The van der Waals surface area contributed by atoms with Crippen molar-refractivity contribution >= 4 is 17.8 Å². The van der Waals surface area contributed by atoms with Crippen molar-refractivity contribution in [2.45, 2.75) is 40.0 Å². The standard InChI is InChI=1S/C14H26N2O4/c1-6-7-16(10-12(18)15(4)5)11(17)8-14(2,3)9-13(19)20/h6-10H2,1-5H3,(H,19,20). The number of amides is 2. The predicted molar refractivity (Wildman–Crippen MR) is 76.2 cm³/mol. The van der Waals surface area contributed by atoms with Gasteiger partial charge < -0.3 is 14.9 Å². The van der Waals surface area contributed by atoms with Gasteiger partial charge in [0.15, 0.2) is 0 Å². The van der Waals surface area contributed by atoms with E-state index in [1.807, 2.05) is 6.92 Å². The van der Waals surface area contributed by atoms with Crippen LogP contribution >= 0.6 is 0 Å². The molecule has 0 saturated carbocycles. The zero-order valence-electron chi connectivity index (χ0n) is 13.1. The number of nitrogens with zero attached hydrogens (tertiary/aromatic N) is 2. The van der Waals surface area contributed by atoms with Gasteiger partial charge in [0.05, 0.1) is 13.0 Å². The Morgan fingerprint density at radius 1 is 1.05 bits per heavy atom. The fraction of sp³-hybridized carbons (Fsp3) is 0.786. The summed E-state index contributed by atoms with van der Waals surface area (Å²) in [7, 11) is 3.29. The third-order valence-corrected chi connectivity index (χ3v) is 2.93. The molecule has 0 saturated heterocycles. The lowest BCUT2D eigenvalue weighted by Gasteiger charge is -2.28. The van der Waals surface area contributed by atoms with Gasteiger partial charge in [-0.15, -0.1) is 0 Å². The van der Waals surface area contributed by atoms with Gasteiger partial charge in [-0.1, -0.05) is 20.8 Å². The van der Waals surface area contributed by atoms with Crippen LogP contribution in [0, 0.1) is 5.41 Å². The van der Waals surface area contributed by atoms with Crippen LogP contribution in [0.15, 0.2) is 0 Å². The molecule has 0 radical (unpaired) electrons. The van der Waals surface area contributed by atoms with Gasteiger partial charge in [-0.2, -0.15) is 0 Å². The molecule has 0 heterocycles. The molecule has 116 valence electrons. The second kappa shape index (κ2) is 7.87. The molecule has 0 aliphatic heterocycles. The van der Waals surface area contributed by atoms with Gasteiger partial charge in [-0.25, -0.2) is 0 Å². The van der Waals surface area contributed by atoms with E-state index >= 15 is 0 Å². The van der Waals surface area contributed by atoms with E-state index in [-0.39, 0.29) is 31.2 Å². The first kappa shape index (κ1) is 18.4. The molecule has 0 aliphatic rings.